The van der Waals surface area contributed by atoms with Crippen LogP contribution in [0.25, 0.3) is 0 Å². The van der Waals surface area contributed by atoms with Gasteiger partial charge in [0.15, 0.2) is 0 Å². The molecule has 0 heterocycles. The number of aliphatic carboxylic acids is 6. The summed E-state index contributed by atoms with van der Waals surface area (Å²) in [5, 5.41) is 56.7. The van der Waals surface area contributed by atoms with Gasteiger partial charge in [-0.15, -0.1) is 0 Å². The Morgan fingerprint density at radius 3 is 0.362 bits per heavy atom. The monoisotopic (exact) mass is 994 g/mol. The van der Waals surface area contributed by atoms with Gasteiger partial charge in [0.05, 0.1) is 0 Å². The third-order valence-corrected chi connectivity index (χ3v) is 3.90. The molecule has 0 bridgehead atoms. The number of carboxylic acid groups (broad SMARTS) is 6. The second kappa shape index (κ2) is 16.8. The van der Waals surface area contributed by atoms with Crippen LogP contribution >= 0.6 is 0 Å². The van der Waals surface area contributed by atoms with Crippen molar-refractivity contribution < 1.29 is 222 Å². The fourth-order valence-corrected chi connectivity index (χ4v) is 1.36. The van der Waals surface area contributed by atoms with Crippen LogP contribution in [0, 0.1) is 83.5 Å². The largest absolute Gasteiger partial charge is 3.00 e. The average molecular weight is 994 g/mol. The molecule has 0 fully saturated rings. The van der Waals surface area contributed by atoms with E-state index < -0.39 is 89.1 Å². The summed E-state index contributed by atoms with van der Waals surface area (Å²) >= 11 is 0. The number of hydrogen-bond donors (Lipinski definition) is 0. The van der Waals surface area contributed by atoms with E-state index in [0.717, 1.165) is 0 Å². The predicted octanol–water partition coefficient (Wildman–Crippen LogP) is -4.82. The molecular weight excluding hydrogens is 994 g/mol. The van der Waals surface area contributed by atoms with E-state index in [-0.39, 0.29) is 83.5 Å². The molecule has 0 aliphatic heterocycles. The minimum absolute atomic E-state index is 0. The van der Waals surface area contributed by atoms with E-state index in [1.807, 2.05) is 0 Å². The normalized spacial score (nSPS) is 13.1. The molecule has 0 aromatic carbocycles. The van der Waals surface area contributed by atoms with Crippen LogP contribution in [0.3, 0.4) is 0 Å². The summed E-state index contributed by atoms with van der Waals surface area (Å²) in [5.41, 5.74) is 0. The van der Waals surface area contributed by atoms with Gasteiger partial charge in [-0.3, -0.25) is 0 Å². The first-order valence-corrected chi connectivity index (χ1v) is 8.85. The standard InChI is InChI=1S/3C5H2F6O4.2Ce/c3*6-3(7,1(12)13)5(10,11)4(8,9)2(14)15;;/h3*(H,12,13)(H,14,15);;/q;;;2*+3/p-6. The number of carbonyl (C=O) groups is 6. The number of hydrogen-bond acceptors (Lipinski definition) is 12. The molecule has 0 amide bonds. The SMILES string of the molecule is O=C([O-])C(F)(F)C(F)(F)C(F)(F)C(=O)[O-].O=C([O-])C(F)(F)C(F)(F)C(F)(F)C(=O)[O-].O=C([O-])C(F)(F)C(F)(F)C(F)(F)C(=O)[O-].[Ce+3].[Ce+3]. The van der Waals surface area contributed by atoms with Crippen molar-refractivity contribution in [3.63, 3.8) is 0 Å². The van der Waals surface area contributed by atoms with Crippen molar-refractivity contribution >= 4 is 35.8 Å². The summed E-state index contributed by atoms with van der Waals surface area (Å²) in [4.78, 5) is 56.7. The van der Waals surface area contributed by atoms with Crippen molar-refractivity contribution in [3.8, 4) is 0 Å². The van der Waals surface area contributed by atoms with Crippen molar-refractivity contribution in [1.29, 1.82) is 0 Å². The van der Waals surface area contributed by atoms with Gasteiger partial charge in [0.1, 0.15) is 35.8 Å². The van der Waals surface area contributed by atoms with E-state index in [9.17, 15) is 138 Å². The Morgan fingerprint density at radius 2 is 0.319 bits per heavy atom. The number of alkyl halides is 18. The van der Waals surface area contributed by atoms with Gasteiger partial charge in [-0.1, -0.05) is 0 Å². The zero-order valence-corrected chi connectivity index (χ0v) is 26.5. The average Bonchev–Trinajstić information content (AvgIpc) is 2.83. The summed E-state index contributed by atoms with van der Waals surface area (Å²) in [6.07, 6.45) is 0. The van der Waals surface area contributed by atoms with Gasteiger partial charge >= 0.3 is 137 Å². The quantitative estimate of drug-likeness (QED) is 0.168. The minimum atomic E-state index is -6.66. The van der Waals surface area contributed by atoms with Crippen LogP contribution in [0.4, 0.5) is 79.0 Å². The third kappa shape index (κ3) is 10.2. The van der Waals surface area contributed by atoms with Crippen LogP contribution < -0.4 is 30.6 Å². The molecule has 0 atom stereocenters. The smallest absolute Gasteiger partial charge is 0.544 e. The van der Waals surface area contributed by atoms with Crippen molar-refractivity contribution in [3.05, 3.63) is 0 Å². The molecule has 0 saturated carbocycles. The van der Waals surface area contributed by atoms with Gasteiger partial charge in [0, 0.05) is 0 Å². The van der Waals surface area contributed by atoms with E-state index in [0.29, 0.717) is 0 Å². The van der Waals surface area contributed by atoms with Gasteiger partial charge in [-0.05, 0) is 0 Å². The topological polar surface area (TPSA) is 241 Å². The van der Waals surface area contributed by atoms with E-state index in [1.165, 1.54) is 0 Å². The van der Waals surface area contributed by atoms with Crippen LogP contribution in [-0.4, -0.2) is 89.1 Å². The summed E-state index contributed by atoms with van der Waals surface area (Å²) < 4.78 is 217. The van der Waals surface area contributed by atoms with Gasteiger partial charge in [0.25, 0.3) is 0 Å². The van der Waals surface area contributed by atoms with Gasteiger partial charge in [0.2, 0.25) is 0 Å². The van der Waals surface area contributed by atoms with E-state index in [2.05, 4.69) is 0 Å². The molecule has 0 spiro atoms. The number of rotatable bonds is 12. The van der Waals surface area contributed by atoms with E-state index in [1.54, 1.807) is 0 Å². The van der Waals surface area contributed by atoms with Crippen molar-refractivity contribution in [2.45, 2.75) is 53.3 Å². The molecule has 266 valence electrons. The van der Waals surface area contributed by atoms with Gasteiger partial charge < -0.3 is 59.4 Å². The van der Waals surface area contributed by atoms with Crippen LogP contribution in [0.5, 0.6) is 0 Å². The molecule has 47 heavy (non-hydrogen) atoms. The van der Waals surface area contributed by atoms with Gasteiger partial charge in [-0.25, -0.2) is 0 Å². The summed E-state index contributed by atoms with van der Waals surface area (Å²) in [6.45, 7) is 0. The Morgan fingerprint density at radius 1 is 0.255 bits per heavy atom. The zero-order chi connectivity index (χ0) is 38.0. The second-order valence-corrected chi connectivity index (χ2v) is 6.89. The number of halogens is 18. The summed E-state index contributed by atoms with van der Waals surface area (Å²) in [5.74, 6) is -80.9. The molecule has 0 aromatic heterocycles. The molecule has 0 saturated heterocycles. The maximum Gasteiger partial charge on any atom is 3.00 e. The van der Waals surface area contributed by atoms with Crippen LogP contribution in [0.2, 0.25) is 0 Å². The van der Waals surface area contributed by atoms with E-state index >= 15 is 0 Å². The number of carbonyl (C=O) groups excluding carboxylic acids is 6. The summed E-state index contributed by atoms with van der Waals surface area (Å²) in [6, 6.07) is 0. The van der Waals surface area contributed by atoms with Crippen molar-refractivity contribution in [1.82, 2.24) is 0 Å². The van der Waals surface area contributed by atoms with Crippen molar-refractivity contribution in [2.24, 2.45) is 0 Å². The second-order valence-electron chi connectivity index (χ2n) is 6.89. The fraction of sp³-hybridized carbons (Fsp3) is 0.600. The number of carboxylic acids is 6. The molecule has 0 rings (SSSR count). The molecular formula is C15Ce2F18O12. The Hall–Kier alpha value is -1.69. The molecule has 32 heteroatoms. The first kappa shape index (κ1) is 54.8. The van der Waals surface area contributed by atoms with E-state index in [4.69, 9.17) is 0 Å². The third-order valence-electron chi connectivity index (χ3n) is 3.90. The Bertz CT molecular complexity index is 964. The summed E-state index contributed by atoms with van der Waals surface area (Å²) in [7, 11) is 0. The molecule has 0 aromatic rings. The fourth-order valence-electron chi connectivity index (χ4n) is 1.36. The Kier molecular flexibility index (Phi) is 19.6. The molecule has 2 radical (unpaired) electrons. The molecule has 0 aliphatic rings. The maximum atomic E-state index is 12.1. The minimum Gasteiger partial charge on any atom is -0.544 e. The Balaban J connectivity index is -0.000000184. The Labute approximate surface area is 308 Å². The van der Waals surface area contributed by atoms with Crippen molar-refractivity contribution in [2.75, 3.05) is 0 Å². The predicted molar refractivity (Wildman–Crippen MR) is 74.6 cm³/mol. The maximum absolute atomic E-state index is 12.1. The molecule has 0 aliphatic carbocycles. The zero-order valence-electron chi connectivity index (χ0n) is 20.2. The van der Waals surface area contributed by atoms with Gasteiger partial charge in [-0.2, -0.15) is 79.0 Å². The van der Waals surface area contributed by atoms with Crippen LogP contribution in [0.15, 0.2) is 0 Å². The molecule has 12 nitrogen and oxygen atoms in total. The van der Waals surface area contributed by atoms with Crippen LogP contribution in [-0.2, 0) is 28.8 Å². The molecule has 0 unspecified atom stereocenters. The van der Waals surface area contributed by atoms with Crippen LogP contribution in [0.1, 0.15) is 0 Å². The molecule has 0 N–H and O–H groups in total. The first-order chi connectivity index (χ1) is 19.2. The first-order valence-electron chi connectivity index (χ1n) is 8.85.